The maximum absolute atomic E-state index is 10.8. The van der Waals surface area contributed by atoms with Gasteiger partial charge in [0.25, 0.3) is 0 Å². The van der Waals surface area contributed by atoms with Crippen molar-refractivity contribution in [3.05, 3.63) is 0 Å². The fourth-order valence-electron chi connectivity index (χ4n) is 2.28. The molecular formula is C10H14O7. The normalized spacial score (nSPS) is 44.2. The fourth-order valence-corrected chi connectivity index (χ4v) is 2.28. The van der Waals surface area contributed by atoms with Crippen LogP contribution >= 0.6 is 0 Å². The molecule has 0 radical (unpaired) electrons. The second-order valence-corrected chi connectivity index (χ2v) is 4.14. The molecule has 3 aliphatic heterocycles. The molecule has 17 heavy (non-hydrogen) atoms. The predicted molar refractivity (Wildman–Crippen MR) is 50.7 cm³/mol. The average molecular weight is 246 g/mol. The number of fused-ring (bicyclic) bond motifs is 3. The smallest absolute Gasteiger partial charge is 0.302 e. The van der Waals surface area contributed by atoms with Crippen molar-refractivity contribution in [2.45, 2.75) is 37.6 Å². The average Bonchev–Trinajstić information content (AvgIpc) is 2.86. The highest BCUT2D eigenvalue weighted by molar-refractivity contribution is 5.65. The summed E-state index contributed by atoms with van der Waals surface area (Å²) < 4.78 is 32.0. The maximum atomic E-state index is 10.8. The molecule has 0 aliphatic carbocycles. The molecule has 0 saturated carbocycles. The largest absolute Gasteiger partial charge is 0.463 e. The Kier molecular flexibility index (Phi) is 3.01. The summed E-state index contributed by atoms with van der Waals surface area (Å²) >= 11 is 0. The van der Waals surface area contributed by atoms with E-state index in [0.717, 1.165) is 0 Å². The molecule has 3 saturated heterocycles. The Balaban J connectivity index is 1.65. The number of carbonyl (C=O) groups excluding carboxylic acids is 1. The van der Waals surface area contributed by atoms with E-state index in [1.165, 1.54) is 6.92 Å². The van der Waals surface area contributed by atoms with Crippen molar-refractivity contribution in [1.29, 1.82) is 0 Å². The monoisotopic (exact) mass is 246 g/mol. The molecule has 0 aromatic rings. The van der Waals surface area contributed by atoms with Crippen LogP contribution < -0.4 is 0 Å². The van der Waals surface area contributed by atoms with Gasteiger partial charge in [0.1, 0.15) is 37.8 Å². The summed E-state index contributed by atoms with van der Waals surface area (Å²) in [6.45, 7) is 1.87. The molecule has 5 atom stereocenters. The van der Waals surface area contributed by atoms with Crippen LogP contribution in [0.1, 0.15) is 6.92 Å². The molecule has 7 heteroatoms. The van der Waals surface area contributed by atoms with Gasteiger partial charge in [-0.2, -0.15) is 0 Å². The van der Waals surface area contributed by atoms with Crippen LogP contribution in [-0.4, -0.2) is 56.9 Å². The lowest BCUT2D eigenvalue weighted by atomic mass is 10.1. The molecular weight excluding hydrogens is 232 g/mol. The van der Waals surface area contributed by atoms with Gasteiger partial charge >= 0.3 is 5.97 Å². The zero-order valence-corrected chi connectivity index (χ0v) is 9.37. The Morgan fingerprint density at radius 3 is 2.71 bits per heavy atom. The third-order valence-corrected chi connectivity index (χ3v) is 3.06. The van der Waals surface area contributed by atoms with Gasteiger partial charge in [0, 0.05) is 6.92 Å². The minimum atomic E-state index is -0.411. The van der Waals surface area contributed by atoms with Crippen LogP contribution in [0.5, 0.6) is 0 Å². The number of hydrogen-bond acceptors (Lipinski definition) is 7. The minimum absolute atomic E-state index is 0.142. The van der Waals surface area contributed by atoms with Crippen LogP contribution in [0.15, 0.2) is 0 Å². The molecule has 0 aromatic carbocycles. The highest BCUT2D eigenvalue weighted by atomic mass is 16.8. The number of hydrogen-bond donors (Lipinski definition) is 0. The van der Waals surface area contributed by atoms with Crippen LogP contribution in [-0.2, 0) is 33.2 Å². The fraction of sp³-hybridized carbons (Fsp3) is 0.900. The van der Waals surface area contributed by atoms with E-state index in [0.29, 0.717) is 0 Å². The van der Waals surface area contributed by atoms with Crippen LogP contribution in [0.2, 0.25) is 0 Å². The lowest BCUT2D eigenvalue weighted by Gasteiger charge is -2.33. The lowest BCUT2D eigenvalue weighted by Crippen LogP contribution is -2.49. The maximum Gasteiger partial charge on any atom is 0.302 e. The van der Waals surface area contributed by atoms with Gasteiger partial charge in [0.05, 0.1) is 0 Å². The first-order valence-electron chi connectivity index (χ1n) is 5.51. The van der Waals surface area contributed by atoms with Gasteiger partial charge in [-0.15, -0.1) is 0 Å². The van der Waals surface area contributed by atoms with Crippen LogP contribution in [0.25, 0.3) is 0 Å². The zero-order chi connectivity index (χ0) is 11.8. The van der Waals surface area contributed by atoms with Crippen molar-refractivity contribution in [1.82, 2.24) is 0 Å². The van der Waals surface area contributed by atoms with E-state index in [2.05, 4.69) is 0 Å². The highest BCUT2D eigenvalue weighted by Gasteiger charge is 2.55. The molecule has 3 rings (SSSR count). The third kappa shape index (κ3) is 2.04. The first kappa shape index (κ1) is 11.4. The molecule has 7 nitrogen and oxygen atoms in total. The van der Waals surface area contributed by atoms with Crippen LogP contribution in [0, 0.1) is 0 Å². The van der Waals surface area contributed by atoms with E-state index in [1.54, 1.807) is 0 Å². The minimum Gasteiger partial charge on any atom is -0.463 e. The number of carbonyl (C=O) groups is 1. The Bertz CT molecular complexity index is 307. The molecule has 3 fully saturated rings. The number of rotatable bonds is 2. The van der Waals surface area contributed by atoms with Crippen molar-refractivity contribution in [2.24, 2.45) is 0 Å². The van der Waals surface area contributed by atoms with Crippen molar-refractivity contribution in [3.63, 3.8) is 0 Å². The topological polar surface area (TPSA) is 72.5 Å². The quantitative estimate of drug-likeness (QED) is 0.602. The molecule has 5 unspecified atom stereocenters. The van der Waals surface area contributed by atoms with Gasteiger partial charge in [0.2, 0.25) is 0 Å². The van der Waals surface area contributed by atoms with Crippen LogP contribution in [0.4, 0.5) is 0 Å². The van der Waals surface area contributed by atoms with Crippen molar-refractivity contribution >= 4 is 5.97 Å². The first-order chi connectivity index (χ1) is 8.25. The van der Waals surface area contributed by atoms with E-state index < -0.39 is 6.29 Å². The molecule has 96 valence electrons. The number of ether oxygens (including phenoxy) is 6. The van der Waals surface area contributed by atoms with E-state index >= 15 is 0 Å². The summed E-state index contributed by atoms with van der Waals surface area (Å²) in [5, 5.41) is 0. The SMILES string of the molecule is CC(=O)OCC1OCOC2C1OC1OCOC12. The molecule has 3 heterocycles. The molecule has 0 amide bonds. The van der Waals surface area contributed by atoms with E-state index in [4.69, 9.17) is 28.4 Å². The third-order valence-electron chi connectivity index (χ3n) is 3.06. The Morgan fingerprint density at radius 2 is 1.88 bits per heavy atom. The molecule has 0 aromatic heterocycles. The van der Waals surface area contributed by atoms with Crippen molar-refractivity contribution in [2.75, 3.05) is 20.2 Å². The van der Waals surface area contributed by atoms with E-state index in [1.807, 2.05) is 0 Å². The second-order valence-electron chi connectivity index (χ2n) is 4.14. The van der Waals surface area contributed by atoms with E-state index in [9.17, 15) is 4.79 Å². The first-order valence-corrected chi connectivity index (χ1v) is 5.51. The van der Waals surface area contributed by atoms with Crippen molar-refractivity contribution in [3.8, 4) is 0 Å². The second kappa shape index (κ2) is 4.51. The van der Waals surface area contributed by atoms with E-state index in [-0.39, 0.29) is 50.6 Å². The molecule has 0 spiro atoms. The molecule has 3 aliphatic rings. The van der Waals surface area contributed by atoms with Gasteiger partial charge in [-0.3, -0.25) is 4.79 Å². The Labute approximate surface area is 97.8 Å². The summed E-state index contributed by atoms with van der Waals surface area (Å²) in [6.07, 6.45) is -1.51. The number of esters is 1. The predicted octanol–water partition coefficient (Wildman–Crippen LogP) is -0.611. The summed E-state index contributed by atoms with van der Waals surface area (Å²) in [5.41, 5.74) is 0. The van der Waals surface area contributed by atoms with Gasteiger partial charge < -0.3 is 28.4 Å². The standard InChI is InChI=1S/C10H14O7/c1-5(11)12-2-6-7-8(14-3-13-6)9-10(17-7)16-4-15-9/h6-10H,2-4H2,1H3. The van der Waals surface area contributed by atoms with Gasteiger partial charge in [0.15, 0.2) is 13.1 Å². The molecule has 0 N–H and O–H groups in total. The zero-order valence-electron chi connectivity index (χ0n) is 9.37. The van der Waals surface area contributed by atoms with Gasteiger partial charge in [-0.05, 0) is 0 Å². The van der Waals surface area contributed by atoms with Gasteiger partial charge in [-0.25, -0.2) is 0 Å². The van der Waals surface area contributed by atoms with Crippen molar-refractivity contribution < 1.29 is 33.2 Å². The van der Waals surface area contributed by atoms with Gasteiger partial charge in [-0.1, -0.05) is 0 Å². The molecule has 0 bridgehead atoms. The summed E-state index contributed by atoms with van der Waals surface area (Å²) in [5.74, 6) is -0.345. The lowest BCUT2D eigenvalue weighted by molar-refractivity contribution is -0.252. The summed E-state index contributed by atoms with van der Waals surface area (Å²) in [7, 11) is 0. The Morgan fingerprint density at radius 1 is 1.12 bits per heavy atom. The highest BCUT2D eigenvalue weighted by Crippen LogP contribution is 2.35. The summed E-state index contributed by atoms with van der Waals surface area (Å²) in [6, 6.07) is 0. The Hall–Kier alpha value is -0.730. The summed E-state index contributed by atoms with van der Waals surface area (Å²) in [4.78, 5) is 10.8. The van der Waals surface area contributed by atoms with Crippen LogP contribution in [0.3, 0.4) is 0 Å².